The largest absolute Gasteiger partial charge is 0.434 e. The molecular weight excluding hydrogens is 413 g/mol. The Bertz CT molecular complexity index is 1330. The van der Waals surface area contributed by atoms with Crippen LogP contribution in [0.3, 0.4) is 0 Å². The van der Waals surface area contributed by atoms with E-state index < -0.39 is 6.23 Å². The molecule has 2 aromatic carbocycles. The third-order valence-electron chi connectivity index (χ3n) is 5.17. The van der Waals surface area contributed by atoms with Gasteiger partial charge in [0.25, 0.3) is 5.91 Å². The van der Waals surface area contributed by atoms with E-state index in [1.807, 2.05) is 24.3 Å². The maximum Gasteiger partial charge on any atom is 0.306 e. The van der Waals surface area contributed by atoms with Crippen LogP contribution >= 0.6 is 0 Å². The highest BCUT2D eigenvalue weighted by atomic mass is 19.1. The Morgan fingerprint density at radius 1 is 1.12 bits per heavy atom. The summed E-state index contributed by atoms with van der Waals surface area (Å²) in [6, 6.07) is 13.4. The highest BCUT2D eigenvalue weighted by Gasteiger charge is 2.20. The Kier molecular flexibility index (Phi) is 4.66. The lowest BCUT2D eigenvalue weighted by atomic mass is 10.1. The second-order valence-corrected chi connectivity index (χ2v) is 7.18. The van der Waals surface area contributed by atoms with Gasteiger partial charge in [-0.1, -0.05) is 24.3 Å². The van der Waals surface area contributed by atoms with E-state index in [0.717, 1.165) is 16.8 Å². The number of imidazole rings is 1. The normalized spacial score (nSPS) is 15.2. The Balaban J connectivity index is 1.44. The molecule has 5 rings (SSSR count). The first-order valence-electron chi connectivity index (χ1n) is 9.72. The molecule has 4 aromatic rings. The van der Waals surface area contributed by atoms with Gasteiger partial charge in [0.1, 0.15) is 11.5 Å². The summed E-state index contributed by atoms with van der Waals surface area (Å²) in [7, 11) is 1.62. The predicted molar refractivity (Wildman–Crippen MR) is 116 cm³/mol. The molecule has 160 valence electrons. The van der Waals surface area contributed by atoms with Crippen molar-refractivity contribution in [2.75, 3.05) is 11.9 Å². The summed E-state index contributed by atoms with van der Waals surface area (Å²) in [5.74, 6) is -0.690. The summed E-state index contributed by atoms with van der Waals surface area (Å²) >= 11 is 0. The molecule has 3 heterocycles. The highest BCUT2D eigenvalue weighted by molar-refractivity contribution is 6.04. The second-order valence-electron chi connectivity index (χ2n) is 7.18. The number of hydrogen-bond acceptors (Lipinski definition) is 7. The third-order valence-corrected chi connectivity index (χ3v) is 5.17. The molecule has 9 nitrogen and oxygen atoms in total. The van der Waals surface area contributed by atoms with Gasteiger partial charge in [0.05, 0.1) is 18.1 Å². The molecular formula is C22H18FN7O2. The maximum atomic E-state index is 13.2. The monoisotopic (exact) mass is 431 g/mol. The summed E-state index contributed by atoms with van der Waals surface area (Å²) < 4.78 is 20.4. The molecule has 1 unspecified atom stereocenters. The number of amidine groups is 1. The number of nitrogens with one attached hydrogen (secondary N) is 1. The number of benzene rings is 2. The average Bonchev–Trinajstić information content (AvgIpc) is 3.44. The lowest BCUT2D eigenvalue weighted by Crippen LogP contribution is -2.27. The molecule has 3 N–H and O–H groups in total. The van der Waals surface area contributed by atoms with Crippen molar-refractivity contribution in [3.63, 3.8) is 0 Å². The number of nitrogens with zero attached hydrogens (tertiary/aromatic N) is 5. The number of ether oxygens (including phenoxy) is 1. The SMILES string of the molecule is CN(C(=O)c1cn2c(-c3ccc(C4NN=C(N)O4)cc3)cnc2cn1)c1ccc(F)cc1. The average molecular weight is 431 g/mol. The quantitative estimate of drug-likeness (QED) is 0.514. The van der Waals surface area contributed by atoms with Crippen LogP contribution in [0.25, 0.3) is 16.9 Å². The van der Waals surface area contributed by atoms with Gasteiger partial charge in [-0.15, -0.1) is 5.10 Å². The Hall–Kier alpha value is -4.47. The Morgan fingerprint density at radius 3 is 2.56 bits per heavy atom. The minimum absolute atomic E-state index is 0.0937. The van der Waals surface area contributed by atoms with Crippen molar-refractivity contribution in [1.29, 1.82) is 0 Å². The van der Waals surface area contributed by atoms with Crippen molar-refractivity contribution in [3.05, 3.63) is 84.2 Å². The summed E-state index contributed by atoms with van der Waals surface area (Å²) in [6.45, 7) is 0. The van der Waals surface area contributed by atoms with E-state index in [0.29, 0.717) is 11.3 Å². The number of rotatable bonds is 4. The zero-order valence-electron chi connectivity index (χ0n) is 16.9. The number of halogens is 1. The van der Waals surface area contributed by atoms with Gasteiger partial charge in [-0.2, -0.15) is 0 Å². The van der Waals surface area contributed by atoms with Crippen LogP contribution in [0.1, 0.15) is 22.3 Å². The number of hydrogen-bond donors (Lipinski definition) is 2. The fourth-order valence-electron chi connectivity index (χ4n) is 3.43. The van der Waals surface area contributed by atoms with Crippen molar-refractivity contribution in [2.45, 2.75) is 6.23 Å². The molecule has 0 fully saturated rings. The van der Waals surface area contributed by atoms with E-state index >= 15 is 0 Å². The van der Waals surface area contributed by atoms with Crippen LogP contribution in [-0.4, -0.2) is 33.3 Å². The molecule has 1 aliphatic rings. The molecule has 0 bridgehead atoms. The summed E-state index contributed by atoms with van der Waals surface area (Å²) in [4.78, 5) is 23.0. The van der Waals surface area contributed by atoms with Crippen molar-refractivity contribution >= 4 is 23.3 Å². The van der Waals surface area contributed by atoms with E-state index in [1.165, 1.54) is 29.2 Å². The van der Waals surface area contributed by atoms with Gasteiger partial charge in [-0.25, -0.2) is 14.4 Å². The number of nitrogens with two attached hydrogens (primary N) is 1. The van der Waals surface area contributed by atoms with Gasteiger partial charge in [0, 0.05) is 30.1 Å². The number of fused-ring (bicyclic) bond motifs is 1. The lowest BCUT2D eigenvalue weighted by molar-refractivity contribution is 0.0988. The van der Waals surface area contributed by atoms with Crippen LogP contribution in [0.15, 0.2) is 72.2 Å². The van der Waals surface area contributed by atoms with Crippen molar-refractivity contribution in [1.82, 2.24) is 19.8 Å². The molecule has 0 saturated heterocycles. The minimum atomic E-state index is -0.429. The van der Waals surface area contributed by atoms with E-state index in [9.17, 15) is 9.18 Å². The van der Waals surface area contributed by atoms with Crippen LogP contribution in [0.5, 0.6) is 0 Å². The zero-order valence-corrected chi connectivity index (χ0v) is 16.9. The van der Waals surface area contributed by atoms with Crippen LogP contribution in [0, 0.1) is 5.82 Å². The Labute approximate surface area is 182 Å². The molecule has 0 spiro atoms. The first-order chi connectivity index (χ1) is 15.5. The van der Waals surface area contributed by atoms with Gasteiger partial charge >= 0.3 is 6.02 Å². The molecule has 1 aliphatic heterocycles. The van der Waals surface area contributed by atoms with Gasteiger partial charge in [-0.3, -0.25) is 14.6 Å². The topological polar surface area (TPSA) is 110 Å². The fourth-order valence-corrected chi connectivity index (χ4v) is 3.43. The number of aromatic nitrogens is 3. The molecule has 0 aliphatic carbocycles. The number of carbonyl (C=O) groups is 1. The second kappa shape index (κ2) is 7.65. The summed E-state index contributed by atoms with van der Waals surface area (Å²) in [5, 5.41) is 3.82. The molecule has 10 heteroatoms. The maximum absolute atomic E-state index is 13.2. The fraction of sp³-hybridized carbons (Fsp3) is 0.0909. The van der Waals surface area contributed by atoms with Crippen LogP contribution in [-0.2, 0) is 4.74 Å². The highest BCUT2D eigenvalue weighted by Crippen LogP contribution is 2.25. The molecule has 2 aromatic heterocycles. The van der Waals surface area contributed by atoms with E-state index in [-0.39, 0.29) is 23.4 Å². The van der Waals surface area contributed by atoms with Gasteiger partial charge in [0.15, 0.2) is 5.65 Å². The predicted octanol–water partition coefficient (Wildman–Crippen LogP) is 2.66. The number of carbonyl (C=O) groups excluding carboxylic acids is 1. The van der Waals surface area contributed by atoms with E-state index in [2.05, 4.69) is 20.5 Å². The smallest absolute Gasteiger partial charge is 0.306 e. The van der Waals surface area contributed by atoms with Crippen molar-refractivity contribution in [3.8, 4) is 11.3 Å². The van der Waals surface area contributed by atoms with Gasteiger partial charge < -0.3 is 15.4 Å². The number of hydrazone groups is 1. The molecule has 0 radical (unpaired) electrons. The molecule has 1 amide bonds. The first kappa shape index (κ1) is 19.5. The van der Waals surface area contributed by atoms with Crippen LogP contribution < -0.4 is 16.1 Å². The van der Waals surface area contributed by atoms with Gasteiger partial charge in [0.2, 0.25) is 6.23 Å². The van der Waals surface area contributed by atoms with Crippen molar-refractivity contribution < 1.29 is 13.9 Å². The summed E-state index contributed by atoms with van der Waals surface area (Å²) in [5.41, 5.74) is 12.3. The summed E-state index contributed by atoms with van der Waals surface area (Å²) in [6.07, 6.45) is 4.47. The van der Waals surface area contributed by atoms with E-state index in [1.54, 1.807) is 30.0 Å². The molecule has 1 atom stereocenters. The molecule has 0 saturated carbocycles. The number of amides is 1. The van der Waals surface area contributed by atoms with E-state index in [4.69, 9.17) is 10.5 Å². The number of anilines is 1. The molecule has 32 heavy (non-hydrogen) atoms. The Morgan fingerprint density at radius 2 is 1.88 bits per heavy atom. The van der Waals surface area contributed by atoms with Crippen LogP contribution in [0.4, 0.5) is 10.1 Å². The van der Waals surface area contributed by atoms with Crippen molar-refractivity contribution in [2.24, 2.45) is 10.8 Å². The van der Waals surface area contributed by atoms with Crippen LogP contribution in [0.2, 0.25) is 0 Å². The standard InChI is InChI=1S/C22H18FN7O2/c1-29(16-8-6-15(23)7-9-16)21(31)17-12-30-18(10-26-19(30)11-25-17)13-2-4-14(5-3-13)20-27-28-22(24)32-20/h2-12,20,27H,1H3,(H2,24,28). The lowest BCUT2D eigenvalue weighted by Gasteiger charge is -2.17. The third kappa shape index (κ3) is 3.47. The first-order valence-corrected chi connectivity index (χ1v) is 9.72. The van der Waals surface area contributed by atoms with Gasteiger partial charge in [-0.05, 0) is 24.3 Å². The zero-order chi connectivity index (χ0) is 22.2. The minimum Gasteiger partial charge on any atom is -0.434 e.